The third kappa shape index (κ3) is 6.31. The van der Waals surface area contributed by atoms with Crippen LogP contribution in [0.15, 0.2) is 72.8 Å². The Morgan fingerprint density at radius 2 is 1.83 bits per heavy atom. The van der Waals surface area contributed by atoms with E-state index in [1.807, 2.05) is 37.3 Å². The highest BCUT2D eigenvalue weighted by Gasteiger charge is 2.10. The van der Waals surface area contributed by atoms with Crippen molar-refractivity contribution in [2.45, 2.75) is 13.3 Å². The highest BCUT2D eigenvalue weighted by atomic mass is 35.5. The van der Waals surface area contributed by atoms with E-state index in [4.69, 9.17) is 28.6 Å². The van der Waals surface area contributed by atoms with Gasteiger partial charge in [-0.3, -0.25) is 10.1 Å². The second-order valence-corrected chi connectivity index (χ2v) is 7.32. The third-order valence-electron chi connectivity index (χ3n) is 4.27. The molecule has 0 aromatic heterocycles. The molecule has 3 rings (SSSR count). The van der Waals surface area contributed by atoms with E-state index < -0.39 is 0 Å². The van der Waals surface area contributed by atoms with Gasteiger partial charge in [0.2, 0.25) is 0 Å². The van der Waals surface area contributed by atoms with Crippen molar-refractivity contribution < 1.29 is 9.53 Å². The Balaban J connectivity index is 1.55. The molecule has 0 unspecified atom stereocenters. The van der Waals surface area contributed by atoms with Gasteiger partial charge in [0.05, 0.1) is 6.61 Å². The fourth-order valence-corrected chi connectivity index (χ4v) is 3.09. The third-order valence-corrected chi connectivity index (χ3v) is 4.71. The normalized spacial score (nSPS) is 10.3. The number of aryl methyl sites for hydroxylation is 1. The molecule has 0 atom stereocenters. The first kappa shape index (κ1) is 20.8. The lowest BCUT2D eigenvalue weighted by Gasteiger charge is -2.12. The molecule has 29 heavy (non-hydrogen) atoms. The van der Waals surface area contributed by atoms with Crippen molar-refractivity contribution in [3.8, 4) is 5.75 Å². The second-order valence-electron chi connectivity index (χ2n) is 6.48. The van der Waals surface area contributed by atoms with Gasteiger partial charge in [0.25, 0.3) is 5.91 Å². The summed E-state index contributed by atoms with van der Waals surface area (Å²) in [5, 5.41) is 6.48. The minimum atomic E-state index is -0.310. The summed E-state index contributed by atoms with van der Waals surface area (Å²) in [6, 6.07) is 22.6. The zero-order chi connectivity index (χ0) is 20.6. The molecule has 3 aromatic rings. The Labute approximate surface area is 180 Å². The fourth-order valence-electron chi connectivity index (χ4n) is 2.72. The van der Waals surface area contributed by atoms with Gasteiger partial charge in [0.15, 0.2) is 5.11 Å². The topological polar surface area (TPSA) is 50.4 Å². The molecule has 0 saturated heterocycles. The van der Waals surface area contributed by atoms with E-state index in [1.165, 1.54) is 5.56 Å². The van der Waals surface area contributed by atoms with E-state index in [0.717, 1.165) is 17.7 Å². The van der Waals surface area contributed by atoms with Crippen molar-refractivity contribution in [3.05, 3.63) is 94.5 Å². The average molecular weight is 425 g/mol. The molecule has 0 bridgehead atoms. The summed E-state index contributed by atoms with van der Waals surface area (Å²) in [4.78, 5) is 12.5. The molecule has 2 N–H and O–H groups in total. The van der Waals surface area contributed by atoms with Crippen LogP contribution in [0.1, 0.15) is 21.5 Å². The predicted molar refractivity (Wildman–Crippen MR) is 122 cm³/mol. The van der Waals surface area contributed by atoms with Gasteiger partial charge in [-0.05, 0) is 60.6 Å². The molecule has 0 heterocycles. The van der Waals surface area contributed by atoms with Crippen LogP contribution in [0.2, 0.25) is 5.02 Å². The Hall–Kier alpha value is -2.89. The zero-order valence-electron chi connectivity index (χ0n) is 15.9. The summed E-state index contributed by atoms with van der Waals surface area (Å²) in [6.07, 6.45) is 0.796. The van der Waals surface area contributed by atoms with Crippen LogP contribution in [0.3, 0.4) is 0 Å². The number of carbonyl (C=O) groups is 1. The second kappa shape index (κ2) is 10.0. The van der Waals surface area contributed by atoms with E-state index in [1.54, 1.807) is 30.3 Å². The molecule has 0 aliphatic carbocycles. The number of thiocarbonyl (C=S) groups is 1. The summed E-state index contributed by atoms with van der Waals surface area (Å²) in [7, 11) is 0. The number of rotatable bonds is 6. The van der Waals surface area contributed by atoms with E-state index in [0.29, 0.717) is 22.9 Å². The molecule has 148 valence electrons. The number of anilines is 1. The number of nitrogens with one attached hydrogen (secondary N) is 2. The number of benzene rings is 3. The Morgan fingerprint density at radius 3 is 2.62 bits per heavy atom. The lowest BCUT2D eigenvalue weighted by Crippen LogP contribution is -2.34. The van der Waals surface area contributed by atoms with Gasteiger partial charge in [-0.15, -0.1) is 0 Å². The maximum atomic E-state index is 12.5. The predicted octanol–water partition coefficient (Wildman–Crippen LogP) is 5.40. The van der Waals surface area contributed by atoms with Crippen molar-refractivity contribution >= 4 is 40.5 Å². The smallest absolute Gasteiger partial charge is 0.257 e. The molecular formula is C23H21ClN2O2S. The van der Waals surface area contributed by atoms with Gasteiger partial charge >= 0.3 is 0 Å². The van der Waals surface area contributed by atoms with E-state index >= 15 is 0 Å². The maximum Gasteiger partial charge on any atom is 0.257 e. The summed E-state index contributed by atoms with van der Waals surface area (Å²) >= 11 is 11.3. The fraction of sp³-hybridized carbons (Fsp3) is 0.130. The van der Waals surface area contributed by atoms with E-state index in [-0.39, 0.29) is 11.0 Å². The molecule has 0 fully saturated rings. The summed E-state index contributed by atoms with van der Waals surface area (Å²) in [5.41, 5.74) is 3.39. The SMILES string of the molecule is Cc1ccc(Cl)cc1NC(=S)NC(=O)c1cccc(OCCc2ccccc2)c1. The first-order valence-electron chi connectivity index (χ1n) is 9.16. The standard InChI is InChI=1S/C23H21ClN2O2S/c1-16-10-11-19(24)15-21(16)25-23(29)26-22(27)18-8-5-9-20(14-18)28-13-12-17-6-3-2-4-7-17/h2-11,14-15H,12-13H2,1H3,(H2,25,26,27,29). The highest BCUT2D eigenvalue weighted by molar-refractivity contribution is 7.80. The minimum absolute atomic E-state index is 0.204. The largest absolute Gasteiger partial charge is 0.493 e. The molecule has 0 aliphatic rings. The highest BCUT2D eigenvalue weighted by Crippen LogP contribution is 2.20. The summed E-state index contributed by atoms with van der Waals surface area (Å²) in [6.45, 7) is 2.46. The quantitative estimate of drug-likeness (QED) is 0.520. The van der Waals surface area contributed by atoms with Crippen LogP contribution in [0.4, 0.5) is 5.69 Å². The molecule has 0 aliphatic heterocycles. The number of halogens is 1. The van der Waals surface area contributed by atoms with Gasteiger partial charge in [0, 0.05) is 22.7 Å². The van der Waals surface area contributed by atoms with Crippen LogP contribution in [0, 0.1) is 6.92 Å². The molecule has 0 saturated carbocycles. The molecule has 3 aromatic carbocycles. The molecule has 1 amide bonds. The lowest BCUT2D eigenvalue weighted by atomic mass is 10.2. The Kier molecular flexibility index (Phi) is 7.22. The van der Waals surface area contributed by atoms with E-state index in [9.17, 15) is 4.79 Å². The number of hydrogen-bond donors (Lipinski definition) is 2. The van der Waals surface area contributed by atoms with Crippen molar-refractivity contribution in [1.29, 1.82) is 0 Å². The van der Waals surface area contributed by atoms with Gasteiger partial charge in [0.1, 0.15) is 5.75 Å². The number of hydrogen-bond acceptors (Lipinski definition) is 3. The molecule has 0 spiro atoms. The van der Waals surface area contributed by atoms with Crippen LogP contribution >= 0.6 is 23.8 Å². The molecular weight excluding hydrogens is 404 g/mol. The van der Waals surface area contributed by atoms with Gasteiger partial charge in [-0.1, -0.05) is 54.1 Å². The monoisotopic (exact) mass is 424 g/mol. The Morgan fingerprint density at radius 1 is 1.03 bits per heavy atom. The van der Waals surface area contributed by atoms with Crippen LogP contribution < -0.4 is 15.4 Å². The maximum absolute atomic E-state index is 12.5. The number of ether oxygens (including phenoxy) is 1. The zero-order valence-corrected chi connectivity index (χ0v) is 17.5. The van der Waals surface area contributed by atoms with Gasteiger partial charge < -0.3 is 10.1 Å². The van der Waals surface area contributed by atoms with Gasteiger partial charge in [-0.2, -0.15) is 0 Å². The Bertz CT molecular complexity index is 1010. The first-order valence-corrected chi connectivity index (χ1v) is 9.95. The average Bonchev–Trinajstić information content (AvgIpc) is 2.72. The lowest BCUT2D eigenvalue weighted by molar-refractivity contribution is 0.0977. The van der Waals surface area contributed by atoms with Crippen LogP contribution in [-0.2, 0) is 6.42 Å². The van der Waals surface area contributed by atoms with Gasteiger partial charge in [-0.25, -0.2) is 0 Å². The molecule has 6 heteroatoms. The minimum Gasteiger partial charge on any atom is -0.493 e. The number of amides is 1. The number of carbonyl (C=O) groups excluding carboxylic acids is 1. The van der Waals surface area contributed by atoms with Crippen molar-refractivity contribution in [1.82, 2.24) is 5.32 Å². The summed E-state index contributed by atoms with van der Waals surface area (Å²) in [5.74, 6) is 0.328. The van der Waals surface area contributed by atoms with Crippen LogP contribution in [-0.4, -0.2) is 17.6 Å². The molecule has 0 radical (unpaired) electrons. The van der Waals surface area contributed by atoms with Crippen LogP contribution in [0.5, 0.6) is 5.75 Å². The van der Waals surface area contributed by atoms with E-state index in [2.05, 4.69) is 22.8 Å². The molecule has 4 nitrogen and oxygen atoms in total. The first-order chi connectivity index (χ1) is 14.0. The van der Waals surface area contributed by atoms with Crippen molar-refractivity contribution in [2.75, 3.05) is 11.9 Å². The van der Waals surface area contributed by atoms with Crippen molar-refractivity contribution in [3.63, 3.8) is 0 Å². The van der Waals surface area contributed by atoms with Crippen LogP contribution in [0.25, 0.3) is 0 Å². The summed E-state index contributed by atoms with van der Waals surface area (Å²) < 4.78 is 5.79. The van der Waals surface area contributed by atoms with Crippen molar-refractivity contribution in [2.24, 2.45) is 0 Å².